The summed E-state index contributed by atoms with van der Waals surface area (Å²) in [6.45, 7) is 6.05. The SMILES string of the molecule is C=C(Cl)CNc1nccn2nc(C)cc12. The van der Waals surface area contributed by atoms with Crippen LogP contribution in [0.4, 0.5) is 5.82 Å². The van der Waals surface area contributed by atoms with Crippen molar-refractivity contribution in [1.82, 2.24) is 14.6 Å². The highest BCUT2D eigenvalue weighted by Gasteiger charge is 2.04. The molecule has 0 amide bonds. The van der Waals surface area contributed by atoms with Gasteiger partial charge in [-0.1, -0.05) is 18.2 Å². The lowest BCUT2D eigenvalue weighted by Crippen LogP contribution is -2.04. The smallest absolute Gasteiger partial charge is 0.152 e. The second-order valence-electron chi connectivity index (χ2n) is 3.26. The van der Waals surface area contributed by atoms with Crippen molar-refractivity contribution in [2.45, 2.75) is 6.92 Å². The van der Waals surface area contributed by atoms with Gasteiger partial charge in [0, 0.05) is 17.4 Å². The normalized spacial score (nSPS) is 10.5. The summed E-state index contributed by atoms with van der Waals surface area (Å²) in [4.78, 5) is 4.22. The first-order chi connectivity index (χ1) is 7.16. The number of hydrogen-bond acceptors (Lipinski definition) is 3. The molecule has 2 aromatic heterocycles. The number of halogens is 1. The van der Waals surface area contributed by atoms with E-state index in [0.29, 0.717) is 11.6 Å². The molecule has 5 heteroatoms. The van der Waals surface area contributed by atoms with Crippen molar-refractivity contribution < 1.29 is 0 Å². The first-order valence-electron chi connectivity index (χ1n) is 4.55. The van der Waals surface area contributed by atoms with Gasteiger partial charge in [-0.3, -0.25) is 0 Å². The van der Waals surface area contributed by atoms with Gasteiger partial charge in [0.15, 0.2) is 5.82 Å². The summed E-state index contributed by atoms with van der Waals surface area (Å²) < 4.78 is 1.78. The molecule has 15 heavy (non-hydrogen) atoms. The molecule has 2 aromatic rings. The van der Waals surface area contributed by atoms with Crippen LogP contribution in [-0.2, 0) is 0 Å². The molecule has 0 aliphatic rings. The van der Waals surface area contributed by atoms with Gasteiger partial charge in [0.25, 0.3) is 0 Å². The van der Waals surface area contributed by atoms with E-state index >= 15 is 0 Å². The second kappa shape index (κ2) is 3.90. The lowest BCUT2D eigenvalue weighted by molar-refractivity contribution is 0.922. The third-order valence-electron chi connectivity index (χ3n) is 1.96. The zero-order valence-electron chi connectivity index (χ0n) is 8.37. The fraction of sp³-hybridized carbons (Fsp3) is 0.200. The number of aryl methyl sites for hydroxylation is 1. The number of hydrogen-bond donors (Lipinski definition) is 1. The number of aromatic nitrogens is 3. The van der Waals surface area contributed by atoms with Crippen molar-refractivity contribution >= 4 is 22.9 Å². The zero-order valence-corrected chi connectivity index (χ0v) is 9.12. The molecule has 0 atom stereocenters. The van der Waals surface area contributed by atoms with E-state index in [-0.39, 0.29) is 0 Å². The lowest BCUT2D eigenvalue weighted by atomic mass is 10.4. The van der Waals surface area contributed by atoms with Crippen LogP contribution < -0.4 is 5.32 Å². The summed E-state index contributed by atoms with van der Waals surface area (Å²) in [5, 5.41) is 7.93. The highest BCUT2D eigenvalue weighted by Crippen LogP contribution is 2.14. The summed E-state index contributed by atoms with van der Waals surface area (Å²) in [5.74, 6) is 0.764. The highest BCUT2D eigenvalue weighted by molar-refractivity contribution is 6.29. The van der Waals surface area contributed by atoms with E-state index in [1.165, 1.54) is 0 Å². The van der Waals surface area contributed by atoms with Crippen LogP contribution in [0.15, 0.2) is 30.1 Å². The predicted molar refractivity (Wildman–Crippen MR) is 61.2 cm³/mol. The van der Waals surface area contributed by atoms with E-state index in [4.69, 9.17) is 11.6 Å². The van der Waals surface area contributed by atoms with E-state index in [1.807, 2.05) is 19.2 Å². The standard InChI is InChI=1S/C10H11ClN4/c1-7(11)6-13-10-9-5-8(2)14-15(9)4-3-12-10/h3-5H,1,6H2,2H3,(H,12,13). The molecule has 78 valence electrons. The van der Waals surface area contributed by atoms with E-state index in [2.05, 4.69) is 22.0 Å². The zero-order chi connectivity index (χ0) is 10.8. The molecular weight excluding hydrogens is 212 g/mol. The minimum absolute atomic E-state index is 0.498. The Morgan fingerprint density at radius 3 is 3.20 bits per heavy atom. The topological polar surface area (TPSA) is 42.2 Å². The number of anilines is 1. The minimum atomic E-state index is 0.498. The van der Waals surface area contributed by atoms with Crippen molar-refractivity contribution in [1.29, 1.82) is 0 Å². The van der Waals surface area contributed by atoms with Crippen LogP contribution in [0.2, 0.25) is 0 Å². The molecule has 0 saturated carbocycles. The van der Waals surface area contributed by atoms with Crippen LogP contribution >= 0.6 is 11.6 Å². The summed E-state index contributed by atoms with van der Waals surface area (Å²) in [6.07, 6.45) is 3.50. The molecule has 1 N–H and O–H groups in total. The molecule has 0 aromatic carbocycles. The van der Waals surface area contributed by atoms with Gasteiger partial charge < -0.3 is 5.32 Å². The number of fused-ring (bicyclic) bond motifs is 1. The lowest BCUT2D eigenvalue weighted by Gasteiger charge is -2.04. The molecule has 0 unspecified atom stereocenters. The van der Waals surface area contributed by atoms with Crippen molar-refractivity contribution in [3.05, 3.63) is 35.8 Å². The second-order valence-corrected chi connectivity index (χ2v) is 3.80. The van der Waals surface area contributed by atoms with Crippen molar-refractivity contribution in [2.75, 3.05) is 11.9 Å². The number of nitrogens with zero attached hydrogens (tertiary/aromatic N) is 3. The van der Waals surface area contributed by atoms with Crippen LogP contribution in [0.3, 0.4) is 0 Å². The van der Waals surface area contributed by atoms with E-state index in [9.17, 15) is 0 Å². The summed E-state index contributed by atoms with van der Waals surface area (Å²) in [5.41, 5.74) is 1.89. The number of rotatable bonds is 3. The van der Waals surface area contributed by atoms with Crippen LogP contribution in [0.25, 0.3) is 5.52 Å². The average molecular weight is 223 g/mol. The molecule has 4 nitrogen and oxygen atoms in total. The van der Waals surface area contributed by atoms with Gasteiger partial charge in [-0.25, -0.2) is 9.50 Å². The Morgan fingerprint density at radius 1 is 1.67 bits per heavy atom. The van der Waals surface area contributed by atoms with Gasteiger partial charge in [-0.2, -0.15) is 5.10 Å². The minimum Gasteiger partial charge on any atom is -0.363 e. The Kier molecular flexibility index (Phi) is 2.60. The third kappa shape index (κ3) is 2.10. The summed E-state index contributed by atoms with van der Waals surface area (Å²) in [7, 11) is 0. The van der Waals surface area contributed by atoms with Gasteiger partial charge in [-0.05, 0) is 13.0 Å². The largest absolute Gasteiger partial charge is 0.363 e. The maximum Gasteiger partial charge on any atom is 0.152 e. The molecule has 0 aliphatic heterocycles. The molecule has 0 radical (unpaired) electrons. The molecule has 0 aliphatic carbocycles. The molecule has 0 saturated heterocycles. The van der Waals surface area contributed by atoms with Crippen molar-refractivity contribution in [3.63, 3.8) is 0 Å². The van der Waals surface area contributed by atoms with Crippen LogP contribution in [0.1, 0.15) is 5.69 Å². The monoisotopic (exact) mass is 222 g/mol. The van der Waals surface area contributed by atoms with Gasteiger partial charge in [0.05, 0.1) is 12.2 Å². The Labute approximate surface area is 92.6 Å². The maximum atomic E-state index is 5.68. The first-order valence-corrected chi connectivity index (χ1v) is 4.93. The average Bonchev–Trinajstić information content (AvgIpc) is 2.55. The maximum absolute atomic E-state index is 5.68. The van der Waals surface area contributed by atoms with Crippen LogP contribution in [-0.4, -0.2) is 21.1 Å². The molecule has 2 rings (SSSR count). The van der Waals surface area contributed by atoms with Crippen LogP contribution in [0, 0.1) is 6.92 Å². The fourth-order valence-electron chi connectivity index (χ4n) is 1.36. The van der Waals surface area contributed by atoms with Gasteiger partial charge in [0.2, 0.25) is 0 Å². The number of nitrogens with one attached hydrogen (secondary N) is 1. The molecule has 0 bridgehead atoms. The fourth-order valence-corrected chi connectivity index (χ4v) is 1.43. The van der Waals surface area contributed by atoms with Crippen molar-refractivity contribution in [2.24, 2.45) is 0 Å². The Hall–Kier alpha value is -1.55. The Morgan fingerprint density at radius 2 is 2.47 bits per heavy atom. The van der Waals surface area contributed by atoms with E-state index in [1.54, 1.807) is 10.7 Å². The molecule has 0 fully saturated rings. The van der Waals surface area contributed by atoms with Gasteiger partial charge in [-0.15, -0.1) is 0 Å². The Bertz CT molecular complexity index is 503. The quantitative estimate of drug-likeness (QED) is 0.866. The first kappa shape index (κ1) is 9.98. The molecule has 2 heterocycles. The molecular formula is C10H11ClN4. The molecule has 0 spiro atoms. The Balaban J connectivity index is 2.37. The van der Waals surface area contributed by atoms with Crippen LogP contribution in [0.5, 0.6) is 0 Å². The van der Waals surface area contributed by atoms with E-state index < -0.39 is 0 Å². The third-order valence-corrected chi connectivity index (χ3v) is 2.09. The summed E-state index contributed by atoms with van der Waals surface area (Å²) in [6, 6.07) is 1.96. The van der Waals surface area contributed by atoms with Gasteiger partial charge in [0.1, 0.15) is 5.52 Å². The van der Waals surface area contributed by atoms with E-state index in [0.717, 1.165) is 17.0 Å². The van der Waals surface area contributed by atoms with Crippen molar-refractivity contribution in [3.8, 4) is 0 Å². The summed E-state index contributed by atoms with van der Waals surface area (Å²) >= 11 is 5.68. The highest BCUT2D eigenvalue weighted by atomic mass is 35.5. The van der Waals surface area contributed by atoms with Gasteiger partial charge >= 0.3 is 0 Å². The predicted octanol–water partition coefficient (Wildman–Crippen LogP) is 2.20.